The zero-order valence-electron chi connectivity index (χ0n) is 21.5. The SMILES string of the molecule is O=C(CN(CC1CCNC1)S(=O)(=O)c1cc2cc(F)ccc2o1)NCc1cc(-c2ccc(C(F)(F)F)cc2)ncn1. The zero-order chi connectivity index (χ0) is 29.2. The Morgan fingerprint density at radius 2 is 1.88 bits per heavy atom. The van der Waals surface area contributed by atoms with Gasteiger partial charge in [0, 0.05) is 23.6 Å². The zero-order valence-corrected chi connectivity index (χ0v) is 22.3. The van der Waals surface area contributed by atoms with Crippen molar-refractivity contribution in [3.8, 4) is 11.3 Å². The lowest BCUT2D eigenvalue weighted by atomic mass is 10.1. The summed E-state index contributed by atoms with van der Waals surface area (Å²) in [5, 5.41) is 5.69. The number of carbonyl (C=O) groups is 1. The number of furan rings is 1. The van der Waals surface area contributed by atoms with Gasteiger partial charge < -0.3 is 15.1 Å². The van der Waals surface area contributed by atoms with E-state index in [1.807, 2.05) is 0 Å². The van der Waals surface area contributed by atoms with Crippen molar-refractivity contribution >= 4 is 26.9 Å². The molecule has 0 bridgehead atoms. The van der Waals surface area contributed by atoms with Crippen molar-refractivity contribution in [1.82, 2.24) is 24.9 Å². The number of aromatic nitrogens is 2. The molecule has 1 unspecified atom stereocenters. The van der Waals surface area contributed by atoms with Crippen molar-refractivity contribution in [3.63, 3.8) is 0 Å². The van der Waals surface area contributed by atoms with Gasteiger partial charge >= 0.3 is 6.18 Å². The summed E-state index contributed by atoms with van der Waals surface area (Å²) in [6.45, 7) is 0.814. The smallest absolute Gasteiger partial charge is 0.416 e. The predicted octanol–water partition coefficient (Wildman–Crippen LogP) is 3.96. The number of halogens is 4. The van der Waals surface area contributed by atoms with Crippen LogP contribution in [-0.2, 0) is 27.5 Å². The normalized spacial score (nSPS) is 16.0. The first-order valence-corrected chi connectivity index (χ1v) is 14.1. The summed E-state index contributed by atoms with van der Waals surface area (Å²) in [5.74, 6) is -1.16. The minimum atomic E-state index is -4.46. The molecule has 0 radical (unpaired) electrons. The van der Waals surface area contributed by atoms with Gasteiger partial charge in [0.1, 0.15) is 17.7 Å². The lowest BCUT2D eigenvalue weighted by Gasteiger charge is -2.23. The second-order valence-corrected chi connectivity index (χ2v) is 11.5. The van der Waals surface area contributed by atoms with Crippen LogP contribution in [0.15, 0.2) is 70.4 Å². The fraction of sp³-hybridized carbons (Fsp3) is 0.296. The highest BCUT2D eigenvalue weighted by Crippen LogP contribution is 2.31. The number of amides is 1. The number of hydrogen-bond acceptors (Lipinski definition) is 7. The van der Waals surface area contributed by atoms with E-state index in [2.05, 4.69) is 20.6 Å². The number of benzene rings is 2. The van der Waals surface area contributed by atoms with Crippen LogP contribution in [0, 0.1) is 11.7 Å². The molecule has 41 heavy (non-hydrogen) atoms. The van der Waals surface area contributed by atoms with Crippen molar-refractivity contribution in [2.45, 2.75) is 24.2 Å². The minimum absolute atomic E-state index is 0.0208. The highest BCUT2D eigenvalue weighted by molar-refractivity contribution is 7.89. The molecule has 1 aliphatic heterocycles. The van der Waals surface area contributed by atoms with Crippen LogP contribution in [0.2, 0.25) is 0 Å². The predicted molar refractivity (Wildman–Crippen MR) is 140 cm³/mol. The highest BCUT2D eigenvalue weighted by atomic mass is 32.2. The molecular weight excluding hydrogens is 566 g/mol. The molecule has 0 saturated carbocycles. The molecule has 1 fully saturated rings. The molecule has 14 heteroatoms. The lowest BCUT2D eigenvalue weighted by Crippen LogP contribution is -2.43. The Kier molecular flexibility index (Phi) is 8.07. The Labute approximate surface area is 232 Å². The van der Waals surface area contributed by atoms with Gasteiger partial charge in [0.2, 0.25) is 11.0 Å². The van der Waals surface area contributed by atoms with Crippen LogP contribution in [0.4, 0.5) is 17.6 Å². The summed E-state index contributed by atoms with van der Waals surface area (Å²) in [6.07, 6.45) is -2.51. The van der Waals surface area contributed by atoms with Crippen LogP contribution in [0.3, 0.4) is 0 Å². The molecule has 1 atom stereocenters. The van der Waals surface area contributed by atoms with Crippen LogP contribution in [0.5, 0.6) is 0 Å². The quantitative estimate of drug-likeness (QED) is 0.283. The van der Waals surface area contributed by atoms with E-state index in [-0.39, 0.29) is 30.0 Å². The van der Waals surface area contributed by atoms with E-state index in [9.17, 15) is 30.8 Å². The van der Waals surface area contributed by atoms with Crippen LogP contribution >= 0.6 is 0 Å². The summed E-state index contributed by atoms with van der Waals surface area (Å²) in [5.41, 5.74) is 0.574. The summed E-state index contributed by atoms with van der Waals surface area (Å²) in [7, 11) is -4.25. The fourth-order valence-electron chi connectivity index (χ4n) is 4.54. The van der Waals surface area contributed by atoms with E-state index in [1.165, 1.54) is 36.7 Å². The number of nitrogens with one attached hydrogen (secondary N) is 2. The Balaban J connectivity index is 1.29. The van der Waals surface area contributed by atoms with Gasteiger partial charge in [-0.05, 0) is 61.8 Å². The maximum atomic E-state index is 13.6. The number of nitrogens with zero attached hydrogens (tertiary/aromatic N) is 3. The fourth-order valence-corrected chi connectivity index (χ4v) is 5.96. The van der Waals surface area contributed by atoms with Gasteiger partial charge in [-0.25, -0.2) is 22.8 Å². The molecule has 2 aromatic carbocycles. The lowest BCUT2D eigenvalue weighted by molar-refractivity contribution is -0.137. The maximum Gasteiger partial charge on any atom is 0.416 e. The molecule has 5 rings (SSSR count). The number of fused-ring (bicyclic) bond motifs is 1. The molecule has 1 saturated heterocycles. The Bertz CT molecular complexity index is 1650. The molecule has 1 aliphatic rings. The standard InChI is InChI=1S/C27H25F4N5O4S/c28-21-5-6-24-19(9-21)10-26(40-24)41(38,39)36(14-17-7-8-32-12-17)15-25(37)33-13-22-11-23(35-16-34-22)18-1-3-20(4-2-18)27(29,30)31/h1-6,9-11,16-17,32H,7-8,12-15H2,(H,33,37). The third kappa shape index (κ3) is 6.72. The molecule has 0 spiro atoms. The van der Waals surface area contributed by atoms with Gasteiger partial charge in [0.25, 0.3) is 10.0 Å². The average molecular weight is 592 g/mol. The van der Waals surface area contributed by atoms with Gasteiger partial charge in [-0.15, -0.1) is 0 Å². The van der Waals surface area contributed by atoms with Crippen molar-refractivity contribution in [2.75, 3.05) is 26.2 Å². The molecule has 9 nitrogen and oxygen atoms in total. The van der Waals surface area contributed by atoms with Crippen molar-refractivity contribution in [1.29, 1.82) is 0 Å². The Hall–Kier alpha value is -3.88. The van der Waals surface area contributed by atoms with E-state index in [0.29, 0.717) is 23.5 Å². The summed E-state index contributed by atoms with van der Waals surface area (Å²) < 4.78 is 85.8. The Morgan fingerprint density at radius 3 is 2.59 bits per heavy atom. The number of sulfonamides is 1. The number of rotatable bonds is 9. The Morgan fingerprint density at radius 1 is 1.10 bits per heavy atom. The van der Waals surface area contributed by atoms with E-state index in [1.54, 1.807) is 0 Å². The summed E-state index contributed by atoms with van der Waals surface area (Å²) >= 11 is 0. The third-order valence-electron chi connectivity index (χ3n) is 6.69. The molecule has 0 aliphatic carbocycles. The van der Waals surface area contributed by atoms with E-state index < -0.39 is 45.1 Å². The topological polar surface area (TPSA) is 117 Å². The van der Waals surface area contributed by atoms with Crippen LogP contribution in [0.25, 0.3) is 22.2 Å². The van der Waals surface area contributed by atoms with Crippen LogP contribution in [0.1, 0.15) is 17.7 Å². The van der Waals surface area contributed by atoms with Gasteiger partial charge in [-0.1, -0.05) is 12.1 Å². The van der Waals surface area contributed by atoms with Gasteiger partial charge in [-0.2, -0.15) is 17.5 Å². The van der Waals surface area contributed by atoms with Crippen LogP contribution in [-0.4, -0.2) is 54.8 Å². The molecule has 216 valence electrons. The number of carbonyl (C=O) groups excluding carboxylic acids is 1. The molecule has 4 aromatic rings. The first-order chi connectivity index (χ1) is 19.5. The molecule has 1 amide bonds. The second kappa shape index (κ2) is 11.5. The summed E-state index contributed by atoms with van der Waals surface area (Å²) in [6, 6.07) is 10.9. The van der Waals surface area contributed by atoms with Crippen molar-refractivity contribution < 1.29 is 35.2 Å². The van der Waals surface area contributed by atoms with Gasteiger partial charge in [0.05, 0.1) is 30.0 Å². The second-order valence-electron chi connectivity index (χ2n) is 9.65. The number of alkyl halides is 3. The maximum absolute atomic E-state index is 13.6. The molecule has 3 heterocycles. The van der Waals surface area contributed by atoms with Crippen molar-refractivity contribution in [2.24, 2.45) is 5.92 Å². The first kappa shape index (κ1) is 28.6. The third-order valence-corrected chi connectivity index (χ3v) is 8.36. The molecular formula is C27H25F4N5O4S. The average Bonchev–Trinajstić information content (AvgIpc) is 3.61. The van der Waals surface area contributed by atoms with E-state index in [4.69, 9.17) is 4.42 Å². The van der Waals surface area contributed by atoms with Crippen molar-refractivity contribution in [3.05, 3.63) is 78.0 Å². The van der Waals surface area contributed by atoms with Gasteiger partial charge in [-0.3, -0.25) is 4.79 Å². The summed E-state index contributed by atoms with van der Waals surface area (Å²) in [4.78, 5) is 21.1. The van der Waals surface area contributed by atoms with E-state index >= 15 is 0 Å². The first-order valence-electron chi connectivity index (χ1n) is 12.6. The largest absolute Gasteiger partial charge is 0.443 e. The monoisotopic (exact) mass is 591 g/mol. The number of hydrogen-bond donors (Lipinski definition) is 2. The van der Waals surface area contributed by atoms with Crippen LogP contribution < -0.4 is 10.6 Å². The highest BCUT2D eigenvalue weighted by Gasteiger charge is 2.33. The minimum Gasteiger partial charge on any atom is -0.443 e. The molecule has 2 aromatic heterocycles. The van der Waals surface area contributed by atoms with Gasteiger partial charge in [0.15, 0.2) is 0 Å². The van der Waals surface area contributed by atoms with E-state index in [0.717, 1.165) is 41.5 Å². The molecule has 2 N–H and O–H groups in total.